The summed E-state index contributed by atoms with van der Waals surface area (Å²) in [6.45, 7) is 1.68. The molecule has 18 heavy (non-hydrogen) atoms. The molecular formula is C9H9ClN4O3S. The van der Waals surface area contributed by atoms with Crippen LogP contribution in [0.2, 0.25) is 5.15 Å². The highest BCUT2D eigenvalue weighted by Crippen LogP contribution is 2.11. The number of anilines is 1. The Morgan fingerprint density at radius 2 is 2.17 bits per heavy atom. The quantitative estimate of drug-likeness (QED) is 0.912. The summed E-state index contributed by atoms with van der Waals surface area (Å²) in [5.74, 6) is 0.348. The first-order valence-corrected chi connectivity index (χ1v) is 6.89. The number of halogens is 1. The molecular weight excluding hydrogens is 280 g/mol. The lowest BCUT2D eigenvalue weighted by Gasteiger charge is -2.04. The third-order valence-corrected chi connectivity index (χ3v) is 3.30. The molecule has 0 spiro atoms. The molecule has 7 nitrogen and oxygen atoms in total. The molecule has 0 atom stereocenters. The van der Waals surface area contributed by atoms with Crippen LogP contribution >= 0.6 is 11.6 Å². The van der Waals surface area contributed by atoms with Gasteiger partial charge in [-0.3, -0.25) is 4.72 Å². The first kappa shape index (κ1) is 12.8. The van der Waals surface area contributed by atoms with Crippen molar-refractivity contribution in [1.82, 2.24) is 15.4 Å². The average Bonchev–Trinajstić information content (AvgIpc) is 2.66. The Morgan fingerprint density at radius 1 is 1.39 bits per heavy atom. The van der Waals surface area contributed by atoms with E-state index >= 15 is 0 Å². The van der Waals surface area contributed by atoms with Gasteiger partial charge in [-0.2, -0.15) is 0 Å². The second-order valence-electron chi connectivity index (χ2n) is 3.53. The van der Waals surface area contributed by atoms with E-state index in [0.29, 0.717) is 11.5 Å². The fraction of sp³-hybridized carbons (Fsp3) is 0.222. The van der Waals surface area contributed by atoms with Crippen LogP contribution in [0.15, 0.2) is 22.7 Å². The third-order valence-electron chi connectivity index (χ3n) is 1.91. The van der Waals surface area contributed by atoms with E-state index in [4.69, 9.17) is 16.1 Å². The molecule has 1 N–H and O–H groups in total. The second kappa shape index (κ2) is 4.91. The standard InChI is InChI=1S/C9H9ClN4O3S/c1-6-4-7(13-17-6)5-18(15,16)14-9-3-2-8(10)11-12-9/h2-4H,5H2,1H3,(H,12,14). The SMILES string of the molecule is Cc1cc(CS(=O)(=O)Nc2ccc(Cl)nn2)no1. The Bertz CT molecular complexity index is 638. The number of aromatic nitrogens is 3. The highest BCUT2D eigenvalue weighted by Gasteiger charge is 2.15. The van der Waals surface area contributed by atoms with Crippen LogP contribution < -0.4 is 4.72 Å². The van der Waals surface area contributed by atoms with Crippen molar-refractivity contribution in [2.45, 2.75) is 12.7 Å². The van der Waals surface area contributed by atoms with Crippen molar-refractivity contribution in [3.63, 3.8) is 0 Å². The lowest BCUT2D eigenvalue weighted by Crippen LogP contribution is -2.16. The van der Waals surface area contributed by atoms with E-state index in [1.807, 2.05) is 0 Å². The zero-order valence-electron chi connectivity index (χ0n) is 9.29. The summed E-state index contributed by atoms with van der Waals surface area (Å²) < 4.78 is 30.6. The summed E-state index contributed by atoms with van der Waals surface area (Å²) >= 11 is 5.54. The molecule has 0 aromatic carbocycles. The van der Waals surface area contributed by atoms with Gasteiger partial charge in [0.2, 0.25) is 10.0 Å². The Morgan fingerprint density at radius 3 is 2.72 bits per heavy atom. The van der Waals surface area contributed by atoms with Crippen LogP contribution in [0.25, 0.3) is 0 Å². The Hall–Kier alpha value is -1.67. The van der Waals surface area contributed by atoms with E-state index in [0.717, 1.165) is 0 Å². The van der Waals surface area contributed by atoms with E-state index in [9.17, 15) is 8.42 Å². The summed E-state index contributed by atoms with van der Waals surface area (Å²) in [7, 11) is -3.61. The Balaban J connectivity index is 2.10. The van der Waals surface area contributed by atoms with Gasteiger partial charge in [0.25, 0.3) is 0 Å². The van der Waals surface area contributed by atoms with Crippen molar-refractivity contribution in [2.24, 2.45) is 0 Å². The molecule has 0 saturated heterocycles. The highest BCUT2D eigenvalue weighted by atomic mass is 35.5. The number of hydrogen-bond donors (Lipinski definition) is 1. The normalized spacial score (nSPS) is 11.4. The molecule has 0 unspecified atom stereocenters. The van der Waals surface area contributed by atoms with Gasteiger partial charge >= 0.3 is 0 Å². The maximum atomic E-state index is 11.8. The fourth-order valence-corrected chi connectivity index (χ4v) is 2.37. The van der Waals surface area contributed by atoms with Gasteiger partial charge in [0.05, 0.1) is 0 Å². The summed E-state index contributed by atoms with van der Waals surface area (Å²) in [6, 6.07) is 4.40. The number of rotatable bonds is 4. The van der Waals surface area contributed by atoms with Gasteiger partial charge in [0.15, 0.2) is 11.0 Å². The third kappa shape index (κ3) is 3.41. The molecule has 2 aromatic rings. The molecule has 0 amide bonds. The first-order valence-electron chi connectivity index (χ1n) is 4.86. The smallest absolute Gasteiger partial charge is 0.239 e. The van der Waals surface area contributed by atoms with Gasteiger partial charge in [0, 0.05) is 6.07 Å². The predicted molar refractivity (Wildman–Crippen MR) is 64.5 cm³/mol. The predicted octanol–water partition coefficient (Wildman–Crippen LogP) is 1.37. The van der Waals surface area contributed by atoms with Gasteiger partial charge < -0.3 is 4.52 Å². The molecule has 0 radical (unpaired) electrons. The summed E-state index contributed by atoms with van der Waals surface area (Å²) in [4.78, 5) is 0. The number of nitrogens with zero attached hydrogens (tertiary/aromatic N) is 3. The molecule has 96 valence electrons. The van der Waals surface area contributed by atoms with Crippen LogP contribution in [-0.2, 0) is 15.8 Å². The van der Waals surface area contributed by atoms with Gasteiger partial charge in [-0.15, -0.1) is 10.2 Å². The molecule has 2 aromatic heterocycles. The number of aryl methyl sites for hydroxylation is 1. The molecule has 0 saturated carbocycles. The van der Waals surface area contributed by atoms with E-state index < -0.39 is 10.0 Å². The van der Waals surface area contributed by atoms with Crippen LogP contribution in [0.4, 0.5) is 5.82 Å². The van der Waals surface area contributed by atoms with Gasteiger partial charge in [-0.1, -0.05) is 16.8 Å². The van der Waals surface area contributed by atoms with Crippen LogP contribution in [-0.4, -0.2) is 23.8 Å². The zero-order valence-corrected chi connectivity index (χ0v) is 10.9. The van der Waals surface area contributed by atoms with Gasteiger partial charge in [0.1, 0.15) is 17.2 Å². The Kier molecular flexibility index (Phi) is 3.48. The van der Waals surface area contributed by atoms with E-state index in [2.05, 4.69) is 20.1 Å². The van der Waals surface area contributed by atoms with Crippen molar-refractivity contribution in [3.05, 3.63) is 34.8 Å². The summed E-state index contributed by atoms with van der Waals surface area (Å²) in [5, 5.41) is 10.9. The minimum atomic E-state index is -3.61. The van der Waals surface area contributed by atoms with E-state index in [1.165, 1.54) is 12.1 Å². The summed E-state index contributed by atoms with van der Waals surface area (Å²) in [6.07, 6.45) is 0. The Labute approximate surface area is 108 Å². The largest absolute Gasteiger partial charge is 0.361 e. The molecule has 0 bridgehead atoms. The van der Waals surface area contributed by atoms with Crippen molar-refractivity contribution in [3.8, 4) is 0 Å². The maximum absolute atomic E-state index is 11.8. The molecule has 0 aliphatic rings. The van der Waals surface area contributed by atoms with Crippen molar-refractivity contribution in [1.29, 1.82) is 0 Å². The van der Waals surface area contributed by atoms with Crippen molar-refractivity contribution < 1.29 is 12.9 Å². The summed E-state index contributed by atoms with van der Waals surface area (Å²) in [5.41, 5.74) is 0.321. The lowest BCUT2D eigenvalue weighted by molar-refractivity contribution is 0.392. The van der Waals surface area contributed by atoms with Crippen LogP contribution in [0.1, 0.15) is 11.5 Å². The lowest BCUT2D eigenvalue weighted by atomic mass is 10.4. The molecule has 0 aliphatic carbocycles. The van der Waals surface area contributed by atoms with E-state index in [-0.39, 0.29) is 16.7 Å². The number of hydrogen-bond acceptors (Lipinski definition) is 6. The molecule has 2 heterocycles. The minimum Gasteiger partial charge on any atom is -0.361 e. The molecule has 2 rings (SSSR count). The number of sulfonamides is 1. The number of nitrogens with one attached hydrogen (secondary N) is 1. The maximum Gasteiger partial charge on any atom is 0.239 e. The highest BCUT2D eigenvalue weighted by molar-refractivity contribution is 7.91. The van der Waals surface area contributed by atoms with Crippen LogP contribution in [0, 0.1) is 6.92 Å². The van der Waals surface area contributed by atoms with Gasteiger partial charge in [-0.05, 0) is 19.1 Å². The van der Waals surface area contributed by atoms with Crippen LogP contribution in [0.3, 0.4) is 0 Å². The fourth-order valence-electron chi connectivity index (χ4n) is 1.25. The monoisotopic (exact) mass is 288 g/mol. The zero-order chi connectivity index (χ0) is 13.2. The first-order chi connectivity index (χ1) is 8.44. The molecule has 0 aliphatic heterocycles. The van der Waals surface area contributed by atoms with E-state index in [1.54, 1.807) is 13.0 Å². The molecule has 9 heteroatoms. The molecule has 0 fully saturated rings. The van der Waals surface area contributed by atoms with Gasteiger partial charge in [-0.25, -0.2) is 8.42 Å². The average molecular weight is 289 g/mol. The van der Waals surface area contributed by atoms with Crippen molar-refractivity contribution in [2.75, 3.05) is 4.72 Å². The van der Waals surface area contributed by atoms with Crippen molar-refractivity contribution >= 4 is 27.4 Å². The second-order valence-corrected chi connectivity index (χ2v) is 5.64. The minimum absolute atomic E-state index is 0.0969. The topological polar surface area (TPSA) is 98.0 Å². The van der Waals surface area contributed by atoms with Crippen LogP contribution in [0.5, 0.6) is 0 Å².